The molecule has 1 fully saturated rings. The maximum Gasteiger partial charge on any atom is 0.245 e. The van der Waals surface area contributed by atoms with Crippen LogP contribution >= 0.6 is 27.5 Å². The van der Waals surface area contributed by atoms with Gasteiger partial charge in [-0.2, -0.15) is 0 Å². The number of carbonyl (C=O) groups is 1. The first-order valence-electron chi connectivity index (χ1n) is 5.37. The van der Waals surface area contributed by atoms with E-state index in [1.165, 1.54) is 0 Å². The van der Waals surface area contributed by atoms with Crippen LogP contribution in [0.1, 0.15) is 23.8 Å². The summed E-state index contributed by atoms with van der Waals surface area (Å²) in [5.74, 6) is 0.0195. The smallest absolute Gasteiger partial charge is 0.245 e. The molecule has 0 aromatic heterocycles. The fourth-order valence-corrected chi connectivity index (χ4v) is 2.89. The van der Waals surface area contributed by atoms with Gasteiger partial charge in [0.05, 0.1) is 0 Å². The Morgan fingerprint density at radius 1 is 1.31 bits per heavy atom. The zero-order valence-electron chi connectivity index (χ0n) is 8.83. The van der Waals surface area contributed by atoms with Crippen molar-refractivity contribution in [2.24, 2.45) is 0 Å². The lowest BCUT2D eigenvalue weighted by Crippen LogP contribution is -2.30. The second kappa shape index (κ2) is 5.19. The first-order valence-corrected chi connectivity index (χ1v) is 6.60. The van der Waals surface area contributed by atoms with Crippen LogP contribution in [0.25, 0.3) is 0 Å². The number of carbonyl (C=O) groups excluding carboxylic acids is 1. The molecule has 0 aliphatic carbocycles. The summed E-state index contributed by atoms with van der Waals surface area (Å²) in [7, 11) is 0. The van der Waals surface area contributed by atoms with E-state index in [4.69, 9.17) is 11.6 Å². The number of benzene rings is 1. The van der Waals surface area contributed by atoms with Gasteiger partial charge in [0.1, 0.15) is 5.38 Å². The van der Waals surface area contributed by atoms with E-state index in [-0.39, 0.29) is 5.91 Å². The van der Waals surface area contributed by atoms with Gasteiger partial charge in [0, 0.05) is 17.6 Å². The van der Waals surface area contributed by atoms with Gasteiger partial charge in [0.25, 0.3) is 0 Å². The zero-order valence-corrected chi connectivity index (χ0v) is 11.2. The Labute approximate surface area is 109 Å². The number of likely N-dealkylation sites (tertiary alicyclic amines) is 1. The molecule has 0 saturated carbocycles. The van der Waals surface area contributed by atoms with E-state index in [0.717, 1.165) is 36.0 Å². The summed E-state index contributed by atoms with van der Waals surface area (Å²) in [6.45, 7) is 1.68. The number of hydrogen-bond acceptors (Lipinski definition) is 1. The largest absolute Gasteiger partial charge is 0.341 e. The summed E-state index contributed by atoms with van der Waals surface area (Å²) in [4.78, 5) is 13.9. The monoisotopic (exact) mass is 301 g/mol. The second-order valence-corrected chi connectivity index (χ2v) is 5.21. The minimum atomic E-state index is -0.575. The number of amides is 1. The molecule has 2 nitrogen and oxygen atoms in total. The highest BCUT2D eigenvalue weighted by molar-refractivity contribution is 9.10. The van der Waals surface area contributed by atoms with Gasteiger partial charge < -0.3 is 4.90 Å². The van der Waals surface area contributed by atoms with Gasteiger partial charge in [0.15, 0.2) is 0 Å². The Bertz CT molecular complexity index is 390. The SMILES string of the molecule is O=C(C(Cl)c1ccccc1Br)N1CCCC1. The molecular weight excluding hydrogens is 289 g/mol. The predicted molar refractivity (Wildman–Crippen MR) is 68.6 cm³/mol. The standard InChI is InChI=1S/C12H13BrClNO/c13-10-6-2-1-5-9(10)11(14)12(16)15-7-3-4-8-15/h1-2,5-6,11H,3-4,7-8H2. The molecular formula is C12H13BrClNO. The minimum absolute atomic E-state index is 0.0195. The van der Waals surface area contributed by atoms with Gasteiger partial charge in [-0.1, -0.05) is 34.1 Å². The molecule has 86 valence electrons. The minimum Gasteiger partial charge on any atom is -0.341 e. The molecule has 1 heterocycles. The van der Waals surface area contributed by atoms with Gasteiger partial charge in [-0.15, -0.1) is 11.6 Å². The average Bonchev–Trinajstić information content (AvgIpc) is 2.81. The molecule has 1 atom stereocenters. The van der Waals surface area contributed by atoms with Crippen molar-refractivity contribution in [2.45, 2.75) is 18.2 Å². The molecule has 2 rings (SSSR count). The number of rotatable bonds is 2. The third-order valence-electron chi connectivity index (χ3n) is 2.81. The first-order chi connectivity index (χ1) is 7.70. The van der Waals surface area contributed by atoms with Crippen LogP contribution in [0.4, 0.5) is 0 Å². The van der Waals surface area contributed by atoms with Crippen LogP contribution in [0.2, 0.25) is 0 Å². The summed E-state index contributed by atoms with van der Waals surface area (Å²) in [5, 5.41) is -0.575. The fourth-order valence-electron chi connectivity index (χ4n) is 1.91. The van der Waals surface area contributed by atoms with E-state index in [1.807, 2.05) is 29.2 Å². The van der Waals surface area contributed by atoms with Gasteiger partial charge in [0.2, 0.25) is 5.91 Å². The van der Waals surface area contributed by atoms with E-state index in [9.17, 15) is 4.79 Å². The van der Waals surface area contributed by atoms with Crippen molar-refractivity contribution in [3.8, 4) is 0 Å². The van der Waals surface area contributed by atoms with Crippen LogP contribution in [0.15, 0.2) is 28.7 Å². The molecule has 1 aliphatic heterocycles. The second-order valence-electron chi connectivity index (χ2n) is 3.92. The molecule has 1 saturated heterocycles. The number of nitrogens with zero attached hydrogens (tertiary/aromatic N) is 1. The van der Waals surface area contributed by atoms with Gasteiger partial charge in [-0.05, 0) is 24.5 Å². The quantitative estimate of drug-likeness (QED) is 0.767. The lowest BCUT2D eigenvalue weighted by atomic mass is 10.1. The highest BCUT2D eigenvalue weighted by Gasteiger charge is 2.26. The van der Waals surface area contributed by atoms with Crippen LogP contribution in [0.5, 0.6) is 0 Å². The summed E-state index contributed by atoms with van der Waals surface area (Å²) in [6, 6.07) is 7.60. The lowest BCUT2D eigenvalue weighted by molar-refractivity contribution is -0.129. The number of halogens is 2. The third kappa shape index (κ3) is 2.41. The van der Waals surface area contributed by atoms with Crippen molar-refractivity contribution in [3.63, 3.8) is 0 Å². The van der Waals surface area contributed by atoms with E-state index in [1.54, 1.807) is 0 Å². The summed E-state index contributed by atoms with van der Waals surface area (Å²) in [5.41, 5.74) is 0.848. The van der Waals surface area contributed by atoms with Crippen molar-refractivity contribution in [2.75, 3.05) is 13.1 Å². The number of hydrogen-bond donors (Lipinski definition) is 0. The van der Waals surface area contributed by atoms with Crippen LogP contribution < -0.4 is 0 Å². The maximum absolute atomic E-state index is 12.1. The van der Waals surface area contributed by atoms with Crippen molar-refractivity contribution in [3.05, 3.63) is 34.3 Å². The zero-order chi connectivity index (χ0) is 11.5. The van der Waals surface area contributed by atoms with Crippen molar-refractivity contribution in [1.82, 2.24) is 4.90 Å². The summed E-state index contributed by atoms with van der Waals surface area (Å²) in [6.07, 6.45) is 2.18. The van der Waals surface area contributed by atoms with E-state index in [0.29, 0.717) is 0 Å². The van der Waals surface area contributed by atoms with E-state index in [2.05, 4.69) is 15.9 Å². The average molecular weight is 303 g/mol. The predicted octanol–water partition coefficient (Wildman–Crippen LogP) is 3.35. The van der Waals surface area contributed by atoms with Crippen LogP contribution in [-0.2, 0) is 4.79 Å². The molecule has 4 heteroatoms. The molecule has 0 spiro atoms. The molecule has 1 amide bonds. The topological polar surface area (TPSA) is 20.3 Å². The molecule has 0 N–H and O–H groups in total. The van der Waals surface area contributed by atoms with E-state index < -0.39 is 5.38 Å². The van der Waals surface area contributed by atoms with Crippen LogP contribution in [0, 0.1) is 0 Å². The van der Waals surface area contributed by atoms with Crippen molar-refractivity contribution < 1.29 is 4.79 Å². The molecule has 0 radical (unpaired) electrons. The highest BCUT2D eigenvalue weighted by Crippen LogP contribution is 2.30. The third-order valence-corrected chi connectivity index (χ3v) is 3.96. The van der Waals surface area contributed by atoms with E-state index >= 15 is 0 Å². The van der Waals surface area contributed by atoms with Crippen LogP contribution in [-0.4, -0.2) is 23.9 Å². The summed E-state index contributed by atoms with van der Waals surface area (Å²) >= 11 is 9.64. The summed E-state index contributed by atoms with van der Waals surface area (Å²) < 4.78 is 0.891. The highest BCUT2D eigenvalue weighted by atomic mass is 79.9. The molecule has 1 aliphatic rings. The molecule has 16 heavy (non-hydrogen) atoms. The van der Waals surface area contributed by atoms with Crippen molar-refractivity contribution >= 4 is 33.4 Å². The first kappa shape index (κ1) is 11.9. The van der Waals surface area contributed by atoms with Gasteiger partial charge >= 0.3 is 0 Å². The van der Waals surface area contributed by atoms with Crippen LogP contribution in [0.3, 0.4) is 0 Å². The van der Waals surface area contributed by atoms with Gasteiger partial charge in [-0.3, -0.25) is 4.79 Å². The Kier molecular flexibility index (Phi) is 3.87. The fraction of sp³-hybridized carbons (Fsp3) is 0.417. The Morgan fingerprint density at radius 2 is 1.94 bits per heavy atom. The Hall–Kier alpha value is -0.540. The van der Waals surface area contributed by atoms with Crippen molar-refractivity contribution in [1.29, 1.82) is 0 Å². The molecule has 1 aromatic rings. The van der Waals surface area contributed by atoms with Gasteiger partial charge in [-0.25, -0.2) is 0 Å². The maximum atomic E-state index is 12.1. The Balaban J connectivity index is 2.15. The molecule has 1 aromatic carbocycles. The lowest BCUT2D eigenvalue weighted by Gasteiger charge is -2.19. The number of alkyl halides is 1. The Morgan fingerprint density at radius 3 is 2.56 bits per heavy atom. The molecule has 0 bridgehead atoms. The molecule has 1 unspecified atom stereocenters. The normalized spacial score (nSPS) is 17.5.